The van der Waals surface area contributed by atoms with Gasteiger partial charge in [0.05, 0.1) is 24.4 Å². The van der Waals surface area contributed by atoms with Gasteiger partial charge >= 0.3 is 5.97 Å². The molecule has 5 nitrogen and oxygen atoms in total. The summed E-state index contributed by atoms with van der Waals surface area (Å²) in [6.45, 7) is 8.32. The highest BCUT2D eigenvalue weighted by Gasteiger charge is 2.15. The molecule has 0 heterocycles. The molecule has 1 amide bonds. The lowest BCUT2D eigenvalue weighted by atomic mass is 10.00. The number of esters is 1. The third kappa shape index (κ3) is 5.17. The van der Waals surface area contributed by atoms with E-state index >= 15 is 0 Å². The Hall–Kier alpha value is -2.66. The zero-order valence-corrected chi connectivity index (χ0v) is 15.8. The van der Waals surface area contributed by atoms with Gasteiger partial charge in [-0.3, -0.25) is 4.79 Å². The lowest BCUT2D eigenvalue weighted by molar-refractivity contribution is -0.115. The van der Waals surface area contributed by atoms with E-state index in [4.69, 9.17) is 4.74 Å². The summed E-state index contributed by atoms with van der Waals surface area (Å²) in [5.74, 6) is -0.654. The number of ether oxygens (including phenoxy) is 1. The van der Waals surface area contributed by atoms with Crippen LogP contribution in [0.3, 0.4) is 0 Å². The van der Waals surface area contributed by atoms with Crippen LogP contribution in [-0.2, 0) is 9.53 Å². The van der Waals surface area contributed by atoms with E-state index < -0.39 is 5.97 Å². The van der Waals surface area contributed by atoms with Crippen molar-refractivity contribution in [2.24, 2.45) is 0 Å². The van der Waals surface area contributed by atoms with Crippen LogP contribution in [0.4, 0.5) is 5.69 Å². The maximum Gasteiger partial charge on any atom is 0.340 e. The molecule has 0 radical (unpaired) electrons. The molecule has 0 aliphatic rings. The zero-order chi connectivity index (χ0) is 19.1. The molecule has 0 aromatic heterocycles. The number of hydrogen-bond acceptors (Lipinski definition) is 4. The Morgan fingerprint density at radius 2 is 1.85 bits per heavy atom. The fourth-order valence-corrected chi connectivity index (χ4v) is 2.76. The van der Waals surface area contributed by atoms with Crippen molar-refractivity contribution in [1.82, 2.24) is 5.32 Å². The highest BCUT2D eigenvalue weighted by molar-refractivity contribution is 6.01. The number of para-hydroxylation sites is 1. The Balaban J connectivity index is 1.99. The van der Waals surface area contributed by atoms with E-state index in [1.807, 2.05) is 6.92 Å². The second-order valence-corrected chi connectivity index (χ2v) is 6.28. The van der Waals surface area contributed by atoms with Crippen LogP contribution in [0, 0.1) is 13.8 Å². The summed E-state index contributed by atoms with van der Waals surface area (Å²) in [5, 5.41) is 6.01. The molecule has 0 aliphatic heterocycles. The average molecular weight is 354 g/mol. The molecule has 2 rings (SSSR count). The van der Waals surface area contributed by atoms with E-state index in [1.54, 1.807) is 31.2 Å². The Labute approximate surface area is 154 Å². The number of carbonyl (C=O) groups excluding carboxylic acids is 2. The van der Waals surface area contributed by atoms with E-state index in [0.29, 0.717) is 11.3 Å². The second kappa shape index (κ2) is 9.15. The molecule has 0 unspecified atom stereocenters. The molecule has 5 heteroatoms. The lowest BCUT2D eigenvalue weighted by Crippen LogP contribution is -2.31. The van der Waals surface area contributed by atoms with Gasteiger partial charge in [-0.25, -0.2) is 4.79 Å². The Bertz CT molecular complexity index is 787. The molecule has 0 bridgehead atoms. The molecular formula is C21H26N2O3. The monoisotopic (exact) mass is 354 g/mol. The fourth-order valence-electron chi connectivity index (χ4n) is 2.76. The van der Waals surface area contributed by atoms with E-state index in [9.17, 15) is 9.59 Å². The Morgan fingerprint density at radius 1 is 1.12 bits per heavy atom. The third-order valence-corrected chi connectivity index (χ3v) is 4.17. The Kier molecular flexibility index (Phi) is 6.92. The molecule has 0 saturated heterocycles. The summed E-state index contributed by atoms with van der Waals surface area (Å²) in [6, 6.07) is 13.2. The van der Waals surface area contributed by atoms with Gasteiger partial charge in [0, 0.05) is 6.04 Å². The molecule has 0 saturated carbocycles. The van der Waals surface area contributed by atoms with Crippen molar-refractivity contribution in [3.8, 4) is 0 Å². The van der Waals surface area contributed by atoms with Crippen LogP contribution in [0.15, 0.2) is 42.5 Å². The van der Waals surface area contributed by atoms with Crippen LogP contribution < -0.4 is 10.6 Å². The molecular weight excluding hydrogens is 328 g/mol. The first-order chi connectivity index (χ1) is 12.4. The second-order valence-electron chi connectivity index (χ2n) is 6.28. The molecule has 0 aliphatic carbocycles. The van der Waals surface area contributed by atoms with Gasteiger partial charge in [0.25, 0.3) is 0 Å². The Morgan fingerprint density at radius 3 is 2.58 bits per heavy atom. The van der Waals surface area contributed by atoms with E-state index in [-0.39, 0.29) is 25.1 Å². The number of rotatable bonds is 7. The topological polar surface area (TPSA) is 67.4 Å². The average Bonchev–Trinajstić information content (AvgIpc) is 2.62. The van der Waals surface area contributed by atoms with Gasteiger partial charge in [-0.2, -0.15) is 0 Å². The van der Waals surface area contributed by atoms with Gasteiger partial charge < -0.3 is 15.4 Å². The number of benzene rings is 2. The van der Waals surface area contributed by atoms with Gasteiger partial charge in [-0.15, -0.1) is 0 Å². The van der Waals surface area contributed by atoms with Crippen molar-refractivity contribution < 1.29 is 14.3 Å². The highest BCUT2D eigenvalue weighted by Crippen LogP contribution is 2.19. The molecule has 26 heavy (non-hydrogen) atoms. The summed E-state index contributed by atoms with van der Waals surface area (Å²) in [4.78, 5) is 24.3. The fraction of sp³-hybridized carbons (Fsp3) is 0.333. The molecule has 1 atom stereocenters. The number of amides is 1. The van der Waals surface area contributed by atoms with Crippen LogP contribution in [-0.4, -0.2) is 25.0 Å². The zero-order valence-electron chi connectivity index (χ0n) is 15.8. The van der Waals surface area contributed by atoms with Crippen molar-refractivity contribution in [3.63, 3.8) is 0 Å². The summed E-state index contributed by atoms with van der Waals surface area (Å²) in [6.07, 6.45) is 0. The minimum Gasteiger partial charge on any atom is -0.462 e. The predicted octanol–water partition coefficient (Wildman–Crippen LogP) is 3.77. The van der Waals surface area contributed by atoms with Crippen molar-refractivity contribution >= 4 is 17.6 Å². The quantitative estimate of drug-likeness (QED) is 0.743. The number of aryl methyl sites for hydroxylation is 2. The van der Waals surface area contributed by atoms with Crippen LogP contribution in [0.25, 0.3) is 0 Å². The molecule has 2 aromatic carbocycles. The third-order valence-electron chi connectivity index (χ3n) is 4.17. The highest BCUT2D eigenvalue weighted by atomic mass is 16.5. The smallest absolute Gasteiger partial charge is 0.340 e. The number of hydrogen-bond donors (Lipinski definition) is 2. The van der Waals surface area contributed by atoms with Crippen LogP contribution in [0.2, 0.25) is 0 Å². The van der Waals surface area contributed by atoms with Crippen LogP contribution in [0.1, 0.15) is 46.9 Å². The van der Waals surface area contributed by atoms with Gasteiger partial charge in [-0.05, 0) is 51.0 Å². The summed E-state index contributed by atoms with van der Waals surface area (Å²) < 4.78 is 5.02. The summed E-state index contributed by atoms with van der Waals surface area (Å²) in [7, 11) is 0. The van der Waals surface area contributed by atoms with Gasteiger partial charge in [0.15, 0.2) is 0 Å². The minimum atomic E-state index is -0.444. The van der Waals surface area contributed by atoms with Crippen molar-refractivity contribution in [1.29, 1.82) is 0 Å². The molecule has 138 valence electrons. The standard InChI is InChI=1S/C21H26N2O3/c1-5-26-21(25)17-8-6-7-9-19(17)23-20(24)13-22-16(4)18-12-14(2)10-11-15(18)3/h6-12,16,22H,5,13H2,1-4H3,(H,23,24)/t16-/m1/s1. The van der Waals surface area contributed by atoms with E-state index in [2.05, 4.69) is 42.7 Å². The minimum absolute atomic E-state index is 0.0425. The van der Waals surface area contributed by atoms with Gasteiger partial charge in [-0.1, -0.05) is 35.9 Å². The van der Waals surface area contributed by atoms with Gasteiger partial charge in [0.2, 0.25) is 5.91 Å². The number of nitrogens with one attached hydrogen (secondary N) is 2. The number of anilines is 1. The SMILES string of the molecule is CCOC(=O)c1ccccc1NC(=O)CN[C@H](C)c1cc(C)ccc1C. The summed E-state index contributed by atoms with van der Waals surface area (Å²) in [5.41, 5.74) is 4.35. The maximum absolute atomic E-state index is 12.3. The first-order valence-corrected chi connectivity index (χ1v) is 8.79. The van der Waals surface area contributed by atoms with Crippen LogP contribution >= 0.6 is 0 Å². The van der Waals surface area contributed by atoms with E-state index in [1.165, 1.54) is 16.7 Å². The molecule has 2 N–H and O–H groups in total. The lowest BCUT2D eigenvalue weighted by Gasteiger charge is -2.17. The van der Waals surface area contributed by atoms with Gasteiger partial charge in [0.1, 0.15) is 0 Å². The van der Waals surface area contributed by atoms with Crippen LogP contribution in [0.5, 0.6) is 0 Å². The first kappa shape index (κ1) is 19.7. The number of carbonyl (C=O) groups is 2. The molecule has 0 spiro atoms. The first-order valence-electron chi connectivity index (χ1n) is 8.79. The van der Waals surface area contributed by atoms with E-state index in [0.717, 1.165) is 0 Å². The van der Waals surface area contributed by atoms with Crippen molar-refractivity contribution in [3.05, 3.63) is 64.7 Å². The predicted molar refractivity (Wildman–Crippen MR) is 103 cm³/mol. The normalized spacial score (nSPS) is 11.7. The summed E-state index contributed by atoms with van der Waals surface area (Å²) >= 11 is 0. The van der Waals surface area contributed by atoms with Crippen molar-refractivity contribution in [2.75, 3.05) is 18.5 Å². The maximum atomic E-state index is 12.3. The molecule has 0 fully saturated rings. The largest absolute Gasteiger partial charge is 0.462 e. The molecule has 2 aromatic rings. The van der Waals surface area contributed by atoms with Crippen molar-refractivity contribution in [2.45, 2.75) is 33.7 Å².